The van der Waals surface area contributed by atoms with Gasteiger partial charge in [0.15, 0.2) is 0 Å². The molecule has 1 N–H and O–H groups in total. The number of anilines is 1. The Morgan fingerprint density at radius 1 is 1.10 bits per heavy atom. The van der Waals surface area contributed by atoms with Crippen LogP contribution in [0.25, 0.3) is 0 Å². The summed E-state index contributed by atoms with van der Waals surface area (Å²) >= 11 is 0. The summed E-state index contributed by atoms with van der Waals surface area (Å²) in [4.78, 5) is 14.8. The summed E-state index contributed by atoms with van der Waals surface area (Å²) < 4.78 is 0. The van der Waals surface area contributed by atoms with Crippen molar-refractivity contribution < 1.29 is 4.79 Å². The molecule has 20 heavy (non-hydrogen) atoms. The number of para-hydroxylation sites is 1. The molecule has 0 spiro atoms. The molecule has 0 bridgehead atoms. The second kappa shape index (κ2) is 7.93. The first-order valence-electron chi connectivity index (χ1n) is 7.95. The molecule has 0 saturated carbocycles. The Bertz CT molecular complexity index is 423. The second-order valence-electron chi connectivity index (χ2n) is 5.53. The number of hydrogen-bond acceptors (Lipinski definition) is 2. The van der Waals surface area contributed by atoms with Gasteiger partial charge in [-0.05, 0) is 31.4 Å². The van der Waals surface area contributed by atoms with Crippen molar-refractivity contribution in [2.75, 3.05) is 25.0 Å². The van der Waals surface area contributed by atoms with Gasteiger partial charge in [0, 0.05) is 25.3 Å². The maximum atomic E-state index is 12.7. The number of likely N-dealkylation sites (tertiary alicyclic amines) is 1. The highest BCUT2D eigenvalue weighted by Crippen LogP contribution is 2.19. The number of carbonyl (C=O) groups is 1. The highest BCUT2D eigenvalue weighted by atomic mass is 16.2. The maximum Gasteiger partial charge on any atom is 0.255 e. The van der Waals surface area contributed by atoms with Crippen LogP contribution in [0.2, 0.25) is 0 Å². The smallest absolute Gasteiger partial charge is 0.255 e. The largest absolute Gasteiger partial charge is 0.384 e. The van der Waals surface area contributed by atoms with E-state index >= 15 is 0 Å². The Morgan fingerprint density at radius 3 is 2.45 bits per heavy atom. The van der Waals surface area contributed by atoms with E-state index in [0.717, 1.165) is 50.1 Å². The highest BCUT2D eigenvalue weighted by molar-refractivity contribution is 5.99. The number of amides is 1. The SMILES string of the molecule is CCCNc1ccccc1C(=O)N1CCCCCCC1. The molecule has 3 nitrogen and oxygen atoms in total. The number of benzene rings is 1. The van der Waals surface area contributed by atoms with E-state index < -0.39 is 0 Å². The fourth-order valence-electron chi connectivity index (χ4n) is 2.70. The Morgan fingerprint density at radius 2 is 1.75 bits per heavy atom. The first-order chi connectivity index (χ1) is 9.83. The zero-order valence-corrected chi connectivity index (χ0v) is 12.5. The molecule has 1 aromatic carbocycles. The van der Waals surface area contributed by atoms with Crippen LogP contribution >= 0.6 is 0 Å². The van der Waals surface area contributed by atoms with Crippen molar-refractivity contribution in [2.24, 2.45) is 0 Å². The maximum absolute atomic E-state index is 12.7. The standard InChI is InChI=1S/C17H26N2O/c1-2-12-18-16-11-7-6-10-15(16)17(20)19-13-8-4-3-5-9-14-19/h6-7,10-11,18H,2-5,8-9,12-14H2,1H3. The van der Waals surface area contributed by atoms with Gasteiger partial charge in [-0.25, -0.2) is 0 Å². The number of carbonyl (C=O) groups excluding carboxylic acids is 1. The van der Waals surface area contributed by atoms with Gasteiger partial charge in [-0.2, -0.15) is 0 Å². The van der Waals surface area contributed by atoms with Crippen molar-refractivity contribution in [2.45, 2.75) is 45.4 Å². The van der Waals surface area contributed by atoms with E-state index in [1.165, 1.54) is 19.3 Å². The molecule has 1 aliphatic rings. The first kappa shape index (κ1) is 14.9. The van der Waals surface area contributed by atoms with Gasteiger partial charge in [0.05, 0.1) is 5.56 Å². The van der Waals surface area contributed by atoms with Crippen molar-refractivity contribution in [3.8, 4) is 0 Å². The average Bonchev–Trinajstić information content (AvgIpc) is 2.44. The van der Waals surface area contributed by atoms with E-state index in [1.807, 2.05) is 29.2 Å². The van der Waals surface area contributed by atoms with Gasteiger partial charge < -0.3 is 10.2 Å². The lowest BCUT2D eigenvalue weighted by molar-refractivity contribution is 0.0743. The van der Waals surface area contributed by atoms with Crippen LogP contribution < -0.4 is 5.32 Å². The quantitative estimate of drug-likeness (QED) is 0.902. The summed E-state index contributed by atoms with van der Waals surface area (Å²) in [6.45, 7) is 4.85. The molecular weight excluding hydrogens is 248 g/mol. The number of nitrogens with zero attached hydrogens (tertiary/aromatic N) is 1. The molecule has 110 valence electrons. The van der Waals surface area contributed by atoms with Crippen LogP contribution in [0.5, 0.6) is 0 Å². The van der Waals surface area contributed by atoms with Crippen LogP contribution in [-0.4, -0.2) is 30.4 Å². The summed E-state index contributed by atoms with van der Waals surface area (Å²) in [6, 6.07) is 7.89. The zero-order chi connectivity index (χ0) is 14.2. The van der Waals surface area contributed by atoms with Crippen molar-refractivity contribution in [3.05, 3.63) is 29.8 Å². The monoisotopic (exact) mass is 274 g/mol. The molecule has 0 unspecified atom stereocenters. The predicted molar refractivity (Wildman–Crippen MR) is 84.2 cm³/mol. The van der Waals surface area contributed by atoms with Gasteiger partial charge in [0.25, 0.3) is 5.91 Å². The first-order valence-corrected chi connectivity index (χ1v) is 7.95. The third kappa shape index (κ3) is 3.99. The van der Waals surface area contributed by atoms with Gasteiger partial charge in [0.1, 0.15) is 0 Å². The predicted octanol–water partition coefficient (Wildman–Crippen LogP) is 3.91. The van der Waals surface area contributed by atoms with Crippen molar-refractivity contribution in [1.82, 2.24) is 4.90 Å². The van der Waals surface area contributed by atoms with E-state index in [2.05, 4.69) is 12.2 Å². The van der Waals surface area contributed by atoms with Crippen LogP contribution in [0.1, 0.15) is 55.8 Å². The number of rotatable bonds is 4. The third-order valence-corrected chi connectivity index (χ3v) is 3.87. The summed E-state index contributed by atoms with van der Waals surface area (Å²) in [5.74, 6) is 0.186. The molecule has 0 aromatic heterocycles. The minimum atomic E-state index is 0.186. The molecule has 0 atom stereocenters. The lowest BCUT2D eigenvalue weighted by atomic mass is 10.1. The molecule has 2 rings (SSSR count). The fraction of sp³-hybridized carbons (Fsp3) is 0.588. The molecule has 3 heteroatoms. The van der Waals surface area contributed by atoms with Gasteiger partial charge in [0.2, 0.25) is 0 Å². The molecule has 1 fully saturated rings. The third-order valence-electron chi connectivity index (χ3n) is 3.87. The highest BCUT2D eigenvalue weighted by Gasteiger charge is 2.18. The van der Waals surface area contributed by atoms with E-state index in [0.29, 0.717) is 0 Å². The summed E-state index contributed by atoms with van der Waals surface area (Å²) in [5.41, 5.74) is 1.79. The molecule has 1 heterocycles. The van der Waals surface area contributed by atoms with Crippen LogP contribution in [0.15, 0.2) is 24.3 Å². The fourth-order valence-corrected chi connectivity index (χ4v) is 2.70. The van der Waals surface area contributed by atoms with Crippen LogP contribution in [0, 0.1) is 0 Å². The average molecular weight is 274 g/mol. The lowest BCUT2D eigenvalue weighted by Gasteiger charge is -2.26. The minimum absolute atomic E-state index is 0.186. The Balaban J connectivity index is 2.10. The summed E-state index contributed by atoms with van der Waals surface area (Å²) in [5, 5.41) is 3.36. The van der Waals surface area contributed by atoms with Crippen molar-refractivity contribution in [1.29, 1.82) is 0 Å². The van der Waals surface area contributed by atoms with E-state index in [9.17, 15) is 4.79 Å². The Kier molecular flexibility index (Phi) is 5.90. The molecule has 1 saturated heterocycles. The van der Waals surface area contributed by atoms with Gasteiger partial charge >= 0.3 is 0 Å². The Labute approximate surface area is 122 Å². The topological polar surface area (TPSA) is 32.3 Å². The van der Waals surface area contributed by atoms with Crippen molar-refractivity contribution >= 4 is 11.6 Å². The molecule has 1 aromatic rings. The summed E-state index contributed by atoms with van der Waals surface area (Å²) in [7, 11) is 0. The van der Waals surface area contributed by atoms with E-state index in [1.54, 1.807) is 0 Å². The van der Waals surface area contributed by atoms with Gasteiger partial charge in [-0.15, -0.1) is 0 Å². The molecule has 0 aliphatic carbocycles. The Hall–Kier alpha value is -1.51. The normalized spacial score (nSPS) is 16.4. The summed E-state index contributed by atoms with van der Waals surface area (Å²) in [6.07, 6.45) is 7.15. The van der Waals surface area contributed by atoms with Crippen molar-refractivity contribution in [3.63, 3.8) is 0 Å². The van der Waals surface area contributed by atoms with Gasteiger partial charge in [-0.3, -0.25) is 4.79 Å². The zero-order valence-electron chi connectivity index (χ0n) is 12.5. The van der Waals surface area contributed by atoms with Crippen LogP contribution in [-0.2, 0) is 0 Å². The second-order valence-corrected chi connectivity index (χ2v) is 5.53. The van der Waals surface area contributed by atoms with E-state index in [4.69, 9.17) is 0 Å². The van der Waals surface area contributed by atoms with E-state index in [-0.39, 0.29) is 5.91 Å². The lowest BCUT2D eigenvalue weighted by Crippen LogP contribution is -2.34. The minimum Gasteiger partial charge on any atom is -0.384 e. The van der Waals surface area contributed by atoms with Gasteiger partial charge in [-0.1, -0.05) is 38.3 Å². The number of hydrogen-bond donors (Lipinski definition) is 1. The molecule has 1 aliphatic heterocycles. The number of nitrogens with one attached hydrogen (secondary N) is 1. The van der Waals surface area contributed by atoms with Crippen LogP contribution in [0.4, 0.5) is 5.69 Å². The molecular formula is C17H26N2O. The molecule has 1 amide bonds. The molecule has 0 radical (unpaired) electrons. The van der Waals surface area contributed by atoms with Crippen LogP contribution in [0.3, 0.4) is 0 Å².